The van der Waals surface area contributed by atoms with Crippen LogP contribution in [0.2, 0.25) is 0 Å². The van der Waals surface area contributed by atoms with Crippen molar-refractivity contribution in [1.29, 1.82) is 0 Å². The van der Waals surface area contributed by atoms with Crippen molar-refractivity contribution in [2.75, 3.05) is 6.54 Å². The fourth-order valence-corrected chi connectivity index (χ4v) is 4.16. The van der Waals surface area contributed by atoms with Crippen molar-refractivity contribution in [3.8, 4) is 11.5 Å². The molecule has 8 heteroatoms. The molecular formula is C20H29N5O2S. The summed E-state index contributed by atoms with van der Waals surface area (Å²) in [4.78, 5) is 19.8. The lowest BCUT2D eigenvalue weighted by molar-refractivity contribution is -0.119. The number of amides is 1. The number of nitrogens with two attached hydrogens (primary N) is 1. The van der Waals surface area contributed by atoms with E-state index in [0.29, 0.717) is 34.9 Å². The van der Waals surface area contributed by atoms with E-state index < -0.39 is 0 Å². The highest BCUT2D eigenvalue weighted by Crippen LogP contribution is 2.28. The van der Waals surface area contributed by atoms with Gasteiger partial charge < -0.3 is 20.8 Å². The quantitative estimate of drug-likeness (QED) is 0.352. The number of aliphatic imine (C=N–C) groups is 1. The van der Waals surface area contributed by atoms with E-state index in [-0.39, 0.29) is 5.91 Å². The second kappa shape index (κ2) is 10.3. The van der Waals surface area contributed by atoms with Gasteiger partial charge in [-0.2, -0.15) is 4.99 Å². The molecule has 1 fully saturated rings. The zero-order chi connectivity index (χ0) is 19.8. The molecule has 28 heavy (non-hydrogen) atoms. The van der Waals surface area contributed by atoms with E-state index in [2.05, 4.69) is 20.6 Å². The summed E-state index contributed by atoms with van der Waals surface area (Å²) in [5.74, 6) is 2.53. The highest BCUT2D eigenvalue weighted by molar-refractivity contribution is 7.13. The molecular weight excluding hydrogens is 374 g/mol. The first kappa shape index (κ1) is 20.4. The average Bonchev–Trinajstić information content (AvgIpc) is 3.34. The molecule has 0 radical (unpaired) electrons. The lowest BCUT2D eigenvalue weighted by Crippen LogP contribution is -2.32. The molecule has 3 rings (SSSR count). The highest BCUT2D eigenvalue weighted by Gasteiger charge is 2.13. The van der Waals surface area contributed by atoms with Gasteiger partial charge in [0, 0.05) is 18.8 Å². The van der Waals surface area contributed by atoms with Crippen molar-refractivity contribution < 1.29 is 9.21 Å². The summed E-state index contributed by atoms with van der Waals surface area (Å²) in [5, 5.41) is 8.36. The number of carbonyl (C=O) groups excluding carboxylic acids is 1. The Hall–Kier alpha value is -2.35. The maximum absolute atomic E-state index is 11.0. The molecule has 1 aliphatic rings. The van der Waals surface area contributed by atoms with Crippen LogP contribution in [0.4, 0.5) is 5.13 Å². The molecule has 0 atom stereocenters. The summed E-state index contributed by atoms with van der Waals surface area (Å²) in [6.45, 7) is 2.68. The van der Waals surface area contributed by atoms with Crippen LogP contribution >= 0.6 is 11.3 Å². The van der Waals surface area contributed by atoms with Gasteiger partial charge >= 0.3 is 0 Å². The Bertz CT molecular complexity index is 792. The lowest BCUT2D eigenvalue weighted by atomic mass is 9.86. The molecule has 2 aromatic rings. The van der Waals surface area contributed by atoms with Crippen LogP contribution in [-0.2, 0) is 11.3 Å². The summed E-state index contributed by atoms with van der Waals surface area (Å²) in [7, 11) is 0. The highest BCUT2D eigenvalue weighted by atomic mass is 32.1. The molecule has 7 nitrogen and oxygen atoms in total. The van der Waals surface area contributed by atoms with Gasteiger partial charge in [0.15, 0.2) is 11.7 Å². The minimum absolute atomic E-state index is 0.0926. The van der Waals surface area contributed by atoms with Crippen LogP contribution < -0.4 is 16.4 Å². The predicted molar refractivity (Wildman–Crippen MR) is 112 cm³/mol. The molecule has 0 spiro atoms. The van der Waals surface area contributed by atoms with Gasteiger partial charge in [0.1, 0.15) is 11.5 Å². The van der Waals surface area contributed by atoms with Gasteiger partial charge in [0.25, 0.3) is 0 Å². The van der Waals surface area contributed by atoms with Crippen LogP contribution in [0.1, 0.15) is 57.6 Å². The number of furan rings is 1. The van der Waals surface area contributed by atoms with Crippen LogP contribution in [0.3, 0.4) is 0 Å². The topological polar surface area (TPSA) is 106 Å². The van der Waals surface area contributed by atoms with Crippen LogP contribution in [-0.4, -0.2) is 23.4 Å². The molecule has 1 aliphatic carbocycles. The SMILES string of the molecule is CC(=O)NCc1ccc(-c2csc(/N=C(\N)NCCCC3CCCCC3)n2)o1. The van der Waals surface area contributed by atoms with Crippen molar-refractivity contribution in [2.45, 2.75) is 58.4 Å². The maximum Gasteiger partial charge on any atom is 0.217 e. The van der Waals surface area contributed by atoms with Gasteiger partial charge in [-0.25, -0.2) is 4.98 Å². The Labute approximate surface area is 169 Å². The van der Waals surface area contributed by atoms with E-state index in [1.54, 1.807) is 0 Å². The molecule has 0 unspecified atom stereocenters. The fourth-order valence-electron chi connectivity index (χ4n) is 3.48. The second-order valence-electron chi connectivity index (χ2n) is 7.26. The van der Waals surface area contributed by atoms with Crippen molar-refractivity contribution in [2.24, 2.45) is 16.6 Å². The van der Waals surface area contributed by atoms with E-state index in [0.717, 1.165) is 18.9 Å². The molecule has 1 amide bonds. The molecule has 0 bridgehead atoms. The Kier molecular flexibility index (Phi) is 7.47. The van der Waals surface area contributed by atoms with Gasteiger partial charge in [-0.3, -0.25) is 4.79 Å². The van der Waals surface area contributed by atoms with Crippen molar-refractivity contribution >= 4 is 28.3 Å². The summed E-state index contributed by atoms with van der Waals surface area (Å²) in [6.07, 6.45) is 9.32. The maximum atomic E-state index is 11.0. The number of carbonyl (C=O) groups is 1. The van der Waals surface area contributed by atoms with E-state index in [1.807, 2.05) is 17.5 Å². The number of hydrogen-bond acceptors (Lipinski definition) is 5. The number of rotatable bonds is 8. The number of nitrogens with zero attached hydrogens (tertiary/aromatic N) is 2. The third kappa shape index (κ3) is 6.37. The van der Waals surface area contributed by atoms with Gasteiger partial charge in [-0.05, 0) is 30.9 Å². The first-order chi connectivity index (χ1) is 13.6. The van der Waals surface area contributed by atoms with E-state index >= 15 is 0 Å². The molecule has 0 aromatic carbocycles. The van der Waals surface area contributed by atoms with E-state index in [9.17, 15) is 4.79 Å². The molecule has 1 saturated carbocycles. The normalized spacial score (nSPS) is 15.5. The Morgan fingerprint density at radius 1 is 1.32 bits per heavy atom. The zero-order valence-electron chi connectivity index (χ0n) is 16.4. The van der Waals surface area contributed by atoms with Crippen LogP contribution in [0.5, 0.6) is 0 Å². The number of nitrogens with one attached hydrogen (secondary N) is 2. The minimum atomic E-state index is -0.0926. The van der Waals surface area contributed by atoms with Crippen molar-refractivity contribution in [3.05, 3.63) is 23.3 Å². The summed E-state index contributed by atoms with van der Waals surface area (Å²) < 4.78 is 5.71. The number of aromatic nitrogens is 1. The molecule has 2 aromatic heterocycles. The Morgan fingerprint density at radius 2 is 2.14 bits per heavy atom. The van der Waals surface area contributed by atoms with E-state index in [1.165, 1.54) is 56.8 Å². The summed E-state index contributed by atoms with van der Waals surface area (Å²) in [6, 6.07) is 3.67. The molecule has 152 valence electrons. The smallest absolute Gasteiger partial charge is 0.217 e. The van der Waals surface area contributed by atoms with Crippen LogP contribution in [0.25, 0.3) is 11.5 Å². The average molecular weight is 404 g/mol. The van der Waals surface area contributed by atoms with Crippen molar-refractivity contribution in [1.82, 2.24) is 15.6 Å². The van der Waals surface area contributed by atoms with E-state index in [4.69, 9.17) is 10.2 Å². The predicted octanol–water partition coefficient (Wildman–Crippen LogP) is 3.94. The van der Waals surface area contributed by atoms with Crippen LogP contribution in [0.15, 0.2) is 26.9 Å². The molecule has 2 heterocycles. The second-order valence-corrected chi connectivity index (χ2v) is 8.10. The third-order valence-electron chi connectivity index (χ3n) is 4.95. The first-order valence-corrected chi connectivity index (χ1v) is 10.8. The number of guanidine groups is 1. The summed E-state index contributed by atoms with van der Waals surface area (Å²) >= 11 is 1.41. The lowest BCUT2D eigenvalue weighted by Gasteiger charge is -2.21. The first-order valence-electron chi connectivity index (χ1n) is 9.97. The zero-order valence-corrected chi connectivity index (χ0v) is 17.2. The van der Waals surface area contributed by atoms with Gasteiger partial charge in [-0.1, -0.05) is 32.1 Å². The summed E-state index contributed by atoms with van der Waals surface area (Å²) in [5.41, 5.74) is 6.70. The monoisotopic (exact) mass is 403 g/mol. The Morgan fingerprint density at radius 3 is 2.93 bits per heavy atom. The van der Waals surface area contributed by atoms with Crippen LogP contribution in [0, 0.1) is 5.92 Å². The number of hydrogen-bond donors (Lipinski definition) is 3. The molecule has 0 aliphatic heterocycles. The fraction of sp³-hybridized carbons (Fsp3) is 0.550. The van der Waals surface area contributed by atoms with Gasteiger partial charge in [0.05, 0.1) is 6.54 Å². The molecule has 0 saturated heterocycles. The molecule has 4 N–H and O–H groups in total. The van der Waals surface area contributed by atoms with Gasteiger partial charge in [0.2, 0.25) is 11.0 Å². The largest absolute Gasteiger partial charge is 0.458 e. The Balaban J connectivity index is 1.45. The number of thiazole rings is 1. The van der Waals surface area contributed by atoms with Gasteiger partial charge in [-0.15, -0.1) is 11.3 Å². The standard InChI is InChI=1S/C20H29N5O2S/c1-14(26)23-12-16-9-10-18(27-16)17-13-28-20(24-17)25-19(21)22-11-5-8-15-6-3-2-4-7-15/h9-10,13,15H,2-8,11-12H2,1H3,(H,23,26)(H3,21,22,24,25). The minimum Gasteiger partial charge on any atom is -0.458 e. The third-order valence-corrected chi connectivity index (χ3v) is 5.69. The van der Waals surface area contributed by atoms with Crippen molar-refractivity contribution in [3.63, 3.8) is 0 Å².